The van der Waals surface area contributed by atoms with Crippen LogP contribution in [-0.2, 0) is 0 Å². The van der Waals surface area contributed by atoms with Crippen molar-refractivity contribution in [3.63, 3.8) is 0 Å². The topological polar surface area (TPSA) is 29.3 Å². The fourth-order valence-corrected chi connectivity index (χ4v) is 1.45. The Kier molecular flexibility index (Phi) is 2.44. The summed E-state index contributed by atoms with van der Waals surface area (Å²) in [6.45, 7) is 0. The molecule has 0 radical (unpaired) electrons. The Bertz CT molecular complexity index is 438. The second-order valence-electron chi connectivity index (χ2n) is 3.38. The number of halogens is 1. The average molecular weight is 211 g/mol. The Balaban J connectivity index is 2.43. The summed E-state index contributed by atoms with van der Waals surface area (Å²) in [7, 11) is 3.87. The van der Waals surface area contributed by atoms with Crippen LogP contribution in [0.3, 0.4) is 0 Å². The van der Waals surface area contributed by atoms with Gasteiger partial charge in [0.1, 0.15) is 11.0 Å². The molecular formula is C10H11ClN2O. The standard InChI is InChI=1S/C10H11ClN2O/c1-13(2)10(11)7-3-4-8-9(5-7)14-6-12-8/h3-6,10H,1-2H3. The number of hydrogen-bond donors (Lipinski definition) is 0. The molecule has 0 saturated heterocycles. The molecule has 0 spiro atoms. The van der Waals surface area contributed by atoms with Crippen LogP contribution in [0.25, 0.3) is 11.1 Å². The van der Waals surface area contributed by atoms with Gasteiger partial charge in [-0.3, -0.25) is 4.90 Å². The molecule has 2 rings (SSSR count). The van der Waals surface area contributed by atoms with Crippen LogP contribution in [-0.4, -0.2) is 24.0 Å². The van der Waals surface area contributed by atoms with E-state index >= 15 is 0 Å². The van der Waals surface area contributed by atoms with E-state index in [9.17, 15) is 0 Å². The largest absolute Gasteiger partial charge is 0.443 e. The first-order chi connectivity index (χ1) is 6.68. The van der Waals surface area contributed by atoms with Crippen LogP contribution in [0.4, 0.5) is 0 Å². The maximum absolute atomic E-state index is 6.17. The molecule has 3 nitrogen and oxygen atoms in total. The third-order valence-electron chi connectivity index (χ3n) is 2.08. The highest BCUT2D eigenvalue weighted by molar-refractivity contribution is 6.20. The predicted octanol–water partition coefficient (Wildman–Crippen LogP) is 2.63. The highest BCUT2D eigenvalue weighted by Gasteiger charge is 2.11. The maximum atomic E-state index is 6.17. The van der Waals surface area contributed by atoms with Crippen molar-refractivity contribution in [1.82, 2.24) is 9.88 Å². The first-order valence-electron chi connectivity index (χ1n) is 4.32. The molecule has 14 heavy (non-hydrogen) atoms. The van der Waals surface area contributed by atoms with Crippen molar-refractivity contribution in [3.05, 3.63) is 30.2 Å². The van der Waals surface area contributed by atoms with E-state index in [1.165, 1.54) is 6.39 Å². The molecule has 0 aliphatic heterocycles. The summed E-state index contributed by atoms with van der Waals surface area (Å²) in [5.74, 6) is 0. The Morgan fingerprint density at radius 1 is 1.43 bits per heavy atom. The van der Waals surface area contributed by atoms with Crippen LogP contribution in [0.1, 0.15) is 11.1 Å². The number of oxazole rings is 1. The van der Waals surface area contributed by atoms with Crippen molar-refractivity contribution in [2.75, 3.05) is 14.1 Å². The van der Waals surface area contributed by atoms with Gasteiger partial charge in [0.05, 0.1) is 0 Å². The van der Waals surface area contributed by atoms with E-state index in [2.05, 4.69) is 4.98 Å². The minimum Gasteiger partial charge on any atom is -0.443 e. The van der Waals surface area contributed by atoms with Crippen LogP contribution in [0, 0.1) is 0 Å². The summed E-state index contributed by atoms with van der Waals surface area (Å²) in [6.07, 6.45) is 1.44. The minimum atomic E-state index is -0.135. The van der Waals surface area contributed by atoms with Gasteiger partial charge in [-0.1, -0.05) is 6.07 Å². The monoisotopic (exact) mass is 210 g/mol. The summed E-state index contributed by atoms with van der Waals surface area (Å²) in [4.78, 5) is 5.97. The van der Waals surface area contributed by atoms with Gasteiger partial charge < -0.3 is 4.42 Å². The molecule has 0 N–H and O–H groups in total. The van der Waals surface area contributed by atoms with Gasteiger partial charge >= 0.3 is 0 Å². The van der Waals surface area contributed by atoms with Gasteiger partial charge in [0, 0.05) is 0 Å². The summed E-state index contributed by atoms with van der Waals surface area (Å²) in [5.41, 5.74) is 2.51. The quantitative estimate of drug-likeness (QED) is 0.564. The van der Waals surface area contributed by atoms with Crippen LogP contribution in [0.2, 0.25) is 0 Å². The van der Waals surface area contributed by atoms with Crippen LogP contribution in [0.15, 0.2) is 29.0 Å². The molecule has 4 heteroatoms. The van der Waals surface area contributed by atoms with E-state index in [-0.39, 0.29) is 5.50 Å². The Hall–Kier alpha value is -1.06. The Morgan fingerprint density at radius 3 is 2.93 bits per heavy atom. The van der Waals surface area contributed by atoms with E-state index in [0.717, 1.165) is 16.7 Å². The van der Waals surface area contributed by atoms with E-state index in [1.54, 1.807) is 0 Å². The molecule has 0 fully saturated rings. The molecule has 1 aromatic heterocycles. The highest BCUT2D eigenvalue weighted by atomic mass is 35.5. The molecule has 1 aromatic carbocycles. The molecule has 0 aliphatic rings. The van der Waals surface area contributed by atoms with Crippen molar-refractivity contribution < 1.29 is 4.42 Å². The maximum Gasteiger partial charge on any atom is 0.181 e. The lowest BCUT2D eigenvalue weighted by Crippen LogP contribution is -2.14. The Labute approximate surface area is 87.3 Å². The molecule has 0 aliphatic carbocycles. The normalized spacial score (nSPS) is 13.7. The number of nitrogens with zero attached hydrogens (tertiary/aromatic N) is 2. The van der Waals surface area contributed by atoms with Crippen LogP contribution < -0.4 is 0 Å². The molecule has 0 saturated carbocycles. The second-order valence-corrected chi connectivity index (χ2v) is 3.79. The van der Waals surface area contributed by atoms with Gasteiger partial charge in [0.25, 0.3) is 0 Å². The van der Waals surface area contributed by atoms with Crippen molar-refractivity contribution in [1.29, 1.82) is 0 Å². The summed E-state index contributed by atoms with van der Waals surface area (Å²) in [5, 5.41) is 0. The number of alkyl halides is 1. The SMILES string of the molecule is CN(C)C(Cl)c1ccc2ncoc2c1. The first-order valence-corrected chi connectivity index (χ1v) is 4.76. The molecule has 1 heterocycles. The van der Waals surface area contributed by atoms with Crippen molar-refractivity contribution in [3.8, 4) is 0 Å². The van der Waals surface area contributed by atoms with Gasteiger partial charge in [0.15, 0.2) is 12.0 Å². The molecule has 74 valence electrons. The van der Waals surface area contributed by atoms with Crippen molar-refractivity contribution in [2.24, 2.45) is 0 Å². The number of fused-ring (bicyclic) bond motifs is 1. The third-order valence-corrected chi connectivity index (χ3v) is 2.73. The predicted molar refractivity (Wildman–Crippen MR) is 56.3 cm³/mol. The van der Waals surface area contributed by atoms with Crippen LogP contribution >= 0.6 is 11.6 Å². The summed E-state index contributed by atoms with van der Waals surface area (Å²) >= 11 is 6.17. The zero-order chi connectivity index (χ0) is 10.1. The lowest BCUT2D eigenvalue weighted by Gasteiger charge is -2.17. The van der Waals surface area contributed by atoms with Crippen molar-refractivity contribution in [2.45, 2.75) is 5.50 Å². The molecule has 0 amide bonds. The van der Waals surface area contributed by atoms with E-state index in [0.29, 0.717) is 0 Å². The highest BCUT2D eigenvalue weighted by Crippen LogP contribution is 2.25. The minimum absolute atomic E-state index is 0.135. The Morgan fingerprint density at radius 2 is 2.21 bits per heavy atom. The van der Waals surface area contributed by atoms with Gasteiger partial charge in [0.2, 0.25) is 0 Å². The summed E-state index contributed by atoms with van der Waals surface area (Å²) in [6, 6.07) is 5.79. The lowest BCUT2D eigenvalue weighted by atomic mass is 10.2. The fraction of sp³-hybridized carbons (Fsp3) is 0.300. The first kappa shape index (κ1) is 9.49. The van der Waals surface area contributed by atoms with Crippen LogP contribution in [0.5, 0.6) is 0 Å². The number of benzene rings is 1. The van der Waals surface area contributed by atoms with E-state index < -0.39 is 0 Å². The van der Waals surface area contributed by atoms with Gasteiger partial charge in [-0.15, -0.1) is 11.6 Å². The van der Waals surface area contributed by atoms with Gasteiger partial charge in [-0.25, -0.2) is 4.98 Å². The molecule has 2 aromatic rings. The third kappa shape index (κ3) is 1.61. The van der Waals surface area contributed by atoms with E-state index in [4.69, 9.17) is 16.0 Å². The summed E-state index contributed by atoms with van der Waals surface area (Å²) < 4.78 is 5.20. The average Bonchev–Trinajstić information content (AvgIpc) is 2.62. The van der Waals surface area contributed by atoms with Crippen molar-refractivity contribution >= 4 is 22.7 Å². The molecular weight excluding hydrogens is 200 g/mol. The van der Waals surface area contributed by atoms with Gasteiger partial charge in [-0.2, -0.15) is 0 Å². The molecule has 1 atom stereocenters. The second kappa shape index (κ2) is 3.59. The fourth-order valence-electron chi connectivity index (χ4n) is 1.32. The van der Waals surface area contributed by atoms with E-state index in [1.807, 2.05) is 37.2 Å². The van der Waals surface area contributed by atoms with Gasteiger partial charge in [-0.05, 0) is 31.8 Å². The number of hydrogen-bond acceptors (Lipinski definition) is 3. The number of aromatic nitrogens is 1. The molecule has 0 bridgehead atoms. The zero-order valence-corrected chi connectivity index (χ0v) is 8.82. The smallest absolute Gasteiger partial charge is 0.181 e. The number of rotatable bonds is 2. The lowest BCUT2D eigenvalue weighted by molar-refractivity contribution is 0.384. The zero-order valence-electron chi connectivity index (χ0n) is 8.07. The molecule has 1 unspecified atom stereocenters.